The molecule has 0 radical (unpaired) electrons. The smallest absolute Gasteiger partial charge is 0.262 e. The topological polar surface area (TPSA) is 64.6 Å². The number of hydrogen-bond acceptors (Lipinski definition) is 4. The Kier molecular flexibility index (Phi) is 4.43. The Hall–Kier alpha value is -2.21. The van der Waals surface area contributed by atoms with Crippen molar-refractivity contribution in [2.24, 2.45) is 0 Å². The van der Waals surface area contributed by atoms with Crippen molar-refractivity contribution in [3.8, 4) is 11.5 Å². The molecule has 1 aliphatic rings. The van der Waals surface area contributed by atoms with Gasteiger partial charge in [-0.3, -0.25) is 4.72 Å². The van der Waals surface area contributed by atoms with Crippen LogP contribution in [-0.2, 0) is 16.4 Å². The van der Waals surface area contributed by atoms with Crippen molar-refractivity contribution in [1.29, 1.82) is 0 Å². The first-order chi connectivity index (χ1) is 11.1. The van der Waals surface area contributed by atoms with Gasteiger partial charge in [-0.1, -0.05) is 19.1 Å². The molecule has 0 atom stereocenters. The van der Waals surface area contributed by atoms with E-state index in [2.05, 4.69) is 4.72 Å². The Balaban J connectivity index is 1.88. The van der Waals surface area contributed by atoms with Gasteiger partial charge in [-0.05, 0) is 36.2 Å². The minimum absolute atomic E-state index is 0.156. The third-order valence-electron chi connectivity index (χ3n) is 3.62. The standard InChI is InChI=1S/C17H19NO4S/c1-2-13-5-3-6-14(11-13)18-23(19,20)15-7-8-16-17(12-15)22-10-4-9-21-16/h3,5-8,11-12,18H,2,4,9-10H2,1H3. The molecule has 0 bridgehead atoms. The van der Waals surface area contributed by atoms with Crippen LogP contribution in [0.1, 0.15) is 18.9 Å². The van der Waals surface area contributed by atoms with Gasteiger partial charge >= 0.3 is 0 Å². The number of benzene rings is 2. The van der Waals surface area contributed by atoms with Crippen LogP contribution in [0.15, 0.2) is 47.4 Å². The maximum absolute atomic E-state index is 12.6. The zero-order chi connectivity index (χ0) is 16.3. The number of ether oxygens (including phenoxy) is 2. The Morgan fingerprint density at radius 2 is 1.83 bits per heavy atom. The number of rotatable bonds is 4. The SMILES string of the molecule is CCc1cccc(NS(=O)(=O)c2ccc3c(c2)OCCCO3)c1. The van der Waals surface area contributed by atoms with Gasteiger partial charge in [0, 0.05) is 18.2 Å². The summed E-state index contributed by atoms with van der Waals surface area (Å²) in [5.41, 5.74) is 1.63. The minimum Gasteiger partial charge on any atom is -0.490 e. The summed E-state index contributed by atoms with van der Waals surface area (Å²) in [5, 5.41) is 0. The molecular weight excluding hydrogens is 314 g/mol. The summed E-state index contributed by atoms with van der Waals surface area (Å²) >= 11 is 0. The molecule has 0 aromatic heterocycles. The Bertz CT molecular complexity index is 802. The highest BCUT2D eigenvalue weighted by Crippen LogP contribution is 2.32. The molecular formula is C17H19NO4S. The average molecular weight is 333 g/mol. The highest BCUT2D eigenvalue weighted by atomic mass is 32.2. The number of fused-ring (bicyclic) bond motifs is 1. The van der Waals surface area contributed by atoms with Gasteiger partial charge in [0.25, 0.3) is 10.0 Å². The molecule has 3 rings (SSSR count). The first-order valence-electron chi connectivity index (χ1n) is 7.60. The Morgan fingerprint density at radius 1 is 1.04 bits per heavy atom. The van der Waals surface area contributed by atoms with Crippen LogP contribution in [0, 0.1) is 0 Å². The van der Waals surface area contributed by atoms with Gasteiger partial charge in [0.2, 0.25) is 0 Å². The fourth-order valence-electron chi connectivity index (χ4n) is 2.38. The molecule has 0 amide bonds. The van der Waals surface area contributed by atoms with Gasteiger partial charge < -0.3 is 9.47 Å². The fraction of sp³-hybridized carbons (Fsp3) is 0.294. The number of anilines is 1. The summed E-state index contributed by atoms with van der Waals surface area (Å²) in [6, 6.07) is 12.0. The second-order valence-corrected chi connectivity index (χ2v) is 7.00. The summed E-state index contributed by atoms with van der Waals surface area (Å²) in [7, 11) is -3.67. The van der Waals surface area contributed by atoms with Gasteiger partial charge in [-0.2, -0.15) is 0 Å². The first kappa shape index (κ1) is 15.7. The lowest BCUT2D eigenvalue weighted by Gasteiger charge is -2.12. The highest BCUT2D eigenvalue weighted by Gasteiger charge is 2.19. The van der Waals surface area contributed by atoms with Crippen LogP contribution in [0.2, 0.25) is 0 Å². The van der Waals surface area contributed by atoms with Crippen LogP contribution < -0.4 is 14.2 Å². The summed E-state index contributed by atoms with van der Waals surface area (Å²) in [5.74, 6) is 1.04. The van der Waals surface area contributed by atoms with Crippen molar-refractivity contribution >= 4 is 15.7 Å². The van der Waals surface area contributed by atoms with E-state index in [1.807, 2.05) is 25.1 Å². The van der Waals surface area contributed by atoms with Crippen molar-refractivity contribution in [1.82, 2.24) is 0 Å². The molecule has 0 unspecified atom stereocenters. The Morgan fingerprint density at radius 3 is 2.61 bits per heavy atom. The number of hydrogen-bond donors (Lipinski definition) is 1. The molecule has 1 heterocycles. The molecule has 5 nitrogen and oxygen atoms in total. The maximum atomic E-state index is 12.6. The molecule has 0 saturated heterocycles. The van der Waals surface area contributed by atoms with Gasteiger partial charge in [-0.25, -0.2) is 8.42 Å². The first-order valence-corrected chi connectivity index (χ1v) is 9.08. The van der Waals surface area contributed by atoms with Crippen molar-refractivity contribution in [3.63, 3.8) is 0 Å². The second-order valence-electron chi connectivity index (χ2n) is 5.32. The zero-order valence-corrected chi connectivity index (χ0v) is 13.7. The normalized spacial score (nSPS) is 14.1. The van der Waals surface area contributed by atoms with E-state index < -0.39 is 10.0 Å². The van der Waals surface area contributed by atoms with Crippen LogP contribution in [0.25, 0.3) is 0 Å². The summed E-state index contributed by atoms with van der Waals surface area (Å²) < 4.78 is 38.8. The van der Waals surface area contributed by atoms with E-state index in [1.165, 1.54) is 12.1 Å². The lowest BCUT2D eigenvalue weighted by molar-refractivity contribution is 0.297. The summed E-state index contributed by atoms with van der Waals surface area (Å²) in [6.45, 7) is 3.11. The molecule has 2 aromatic rings. The van der Waals surface area contributed by atoms with Crippen molar-refractivity contribution in [2.75, 3.05) is 17.9 Å². The molecule has 2 aromatic carbocycles. The number of sulfonamides is 1. The van der Waals surface area contributed by atoms with Crippen LogP contribution in [0.4, 0.5) is 5.69 Å². The third kappa shape index (κ3) is 3.59. The highest BCUT2D eigenvalue weighted by molar-refractivity contribution is 7.92. The van der Waals surface area contributed by atoms with Gasteiger partial charge in [0.1, 0.15) is 0 Å². The molecule has 122 valence electrons. The molecule has 0 saturated carbocycles. The maximum Gasteiger partial charge on any atom is 0.262 e. The quantitative estimate of drug-likeness (QED) is 0.933. The van der Waals surface area contributed by atoms with E-state index in [0.29, 0.717) is 30.4 Å². The third-order valence-corrected chi connectivity index (χ3v) is 5.00. The van der Waals surface area contributed by atoms with Gasteiger partial charge in [-0.15, -0.1) is 0 Å². The van der Waals surface area contributed by atoms with Crippen LogP contribution in [0.5, 0.6) is 11.5 Å². The van der Waals surface area contributed by atoms with Crippen LogP contribution >= 0.6 is 0 Å². The lowest BCUT2D eigenvalue weighted by Crippen LogP contribution is -2.13. The molecule has 6 heteroatoms. The Labute approximate surface area is 136 Å². The van der Waals surface area contributed by atoms with Gasteiger partial charge in [0.05, 0.1) is 18.1 Å². The molecule has 23 heavy (non-hydrogen) atoms. The van der Waals surface area contributed by atoms with Crippen molar-refractivity contribution < 1.29 is 17.9 Å². The summed E-state index contributed by atoms with van der Waals surface area (Å²) in [4.78, 5) is 0.156. The molecule has 0 aliphatic carbocycles. The van der Waals surface area contributed by atoms with E-state index in [-0.39, 0.29) is 4.90 Å². The van der Waals surface area contributed by atoms with E-state index >= 15 is 0 Å². The molecule has 0 fully saturated rings. The molecule has 0 spiro atoms. The number of nitrogens with one attached hydrogen (secondary N) is 1. The lowest BCUT2D eigenvalue weighted by atomic mass is 10.1. The van der Waals surface area contributed by atoms with Crippen molar-refractivity contribution in [3.05, 3.63) is 48.0 Å². The molecule has 1 N–H and O–H groups in total. The predicted octanol–water partition coefficient (Wildman–Crippen LogP) is 3.21. The minimum atomic E-state index is -3.67. The van der Waals surface area contributed by atoms with E-state index in [9.17, 15) is 8.42 Å². The number of aryl methyl sites for hydroxylation is 1. The van der Waals surface area contributed by atoms with Crippen LogP contribution in [0.3, 0.4) is 0 Å². The van der Waals surface area contributed by atoms with E-state index in [4.69, 9.17) is 9.47 Å². The second kappa shape index (κ2) is 6.50. The van der Waals surface area contributed by atoms with E-state index in [0.717, 1.165) is 18.4 Å². The largest absolute Gasteiger partial charge is 0.490 e. The zero-order valence-electron chi connectivity index (χ0n) is 12.9. The predicted molar refractivity (Wildman–Crippen MR) is 88.7 cm³/mol. The average Bonchev–Trinajstić information content (AvgIpc) is 2.79. The van der Waals surface area contributed by atoms with Crippen LogP contribution in [-0.4, -0.2) is 21.6 Å². The monoisotopic (exact) mass is 333 g/mol. The molecule has 1 aliphatic heterocycles. The summed E-state index contributed by atoms with van der Waals surface area (Å²) in [6.07, 6.45) is 1.62. The van der Waals surface area contributed by atoms with Gasteiger partial charge in [0.15, 0.2) is 11.5 Å². The fourth-order valence-corrected chi connectivity index (χ4v) is 3.44. The van der Waals surface area contributed by atoms with Crippen molar-refractivity contribution in [2.45, 2.75) is 24.7 Å². The van der Waals surface area contributed by atoms with E-state index in [1.54, 1.807) is 12.1 Å².